The van der Waals surface area contributed by atoms with Gasteiger partial charge in [-0.1, -0.05) is 67.9 Å². The molecular weight excluding hydrogens is 447 g/mol. The number of piperazine rings is 1. The Morgan fingerprint density at radius 3 is 2.28 bits per heavy atom. The molecule has 0 aliphatic carbocycles. The highest BCUT2D eigenvalue weighted by molar-refractivity contribution is 6.37. The quantitative estimate of drug-likeness (QED) is 0.375. The fourth-order valence-corrected chi connectivity index (χ4v) is 4.52. The molecule has 1 saturated heterocycles. The highest BCUT2D eigenvalue weighted by Gasteiger charge is 2.25. The molecular formula is C25H32Cl2N2O3. The number of para-hydroxylation sites is 2. The van der Waals surface area contributed by atoms with E-state index in [-0.39, 0.29) is 5.91 Å². The van der Waals surface area contributed by atoms with Gasteiger partial charge in [0, 0.05) is 31.7 Å². The first-order valence-corrected chi connectivity index (χ1v) is 12.1. The van der Waals surface area contributed by atoms with Gasteiger partial charge in [-0.3, -0.25) is 4.79 Å². The number of anilines is 1. The number of unbranched alkanes of at least 4 members (excludes halogenated alkanes) is 4. The van der Waals surface area contributed by atoms with Gasteiger partial charge in [0.05, 0.1) is 29.4 Å². The molecule has 0 bridgehead atoms. The van der Waals surface area contributed by atoms with Crippen molar-refractivity contribution in [2.24, 2.45) is 0 Å². The van der Waals surface area contributed by atoms with Gasteiger partial charge in [-0.15, -0.1) is 0 Å². The number of amides is 1. The van der Waals surface area contributed by atoms with E-state index in [4.69, 9.17) is 32.7 Å². The molecule has 0 radical (unpaired) electrons. The van der Waals surface area contributed by atoms with Crippen molar-refractivity contribution in [2.45, 2.75) is 39.0 Å². The number of carbonyl (C=O) groups excluding carboxylic acids is 1. The monoisotopic (exact) mass is 478 g/mol. The number of benzene rings is 2. The molecule has 5 nitrogen and oxygen atoms in total. The van der Waals surface area contributed by atoms with Crippen molar-refractivity contribution < 1.29 is 14.3 Å². The summed E-state index contributed by atoms with van der Waals surface area (Å²) in [5.74, 6) is 1.23. The van der Waals surface area contributed by atoms with Gasteiger partial charge in [-0.2, -0.15) is 0 Å². The van der Waals surface area contributed by atoms with E-state index < -0.39 is 0 Å². The summed E-state index contributed by atoms with van der Waals surface area (Å²) in [6.07, 6.45) is 5.75. The van der Waals surface area contributed by atoms with Crippen LogP contribution in [0.5, 0.6) is 11.5 Å². The van der Waals surface area contributed by atoms with Gasteiger partial charge in [0.15, 0.2) is 5.75 Å². The summed E-state index contributed by atoms with van der Waals surface area (Å²) in [5.41, 5.74) is 1.53. The molecule has 1 aliphatic heterocycles. The molecule has 0 saturated carbocycles. The minimum atomic E-state index is -0.0698. The fraction of sp³-hybridized carbons (Fsp3) is 0.480. The number of rotatable bonds is 10. The average Bonchev–Trinajstić information content (AvgIpc) is 2.82. The standard InChI is InChI=1S/C25H32Cl2N2O3/c1-3-4-5-6-9-16-32-24-20(26)17-19(18-21(24)27)25(30)29-14-12-28(13-15-29)22-10-7-8-11-23(22)31-2/h7-8,10-11,17-18H,3-6,9,12-16H2,1-2H3. The minimum Gasteiger partial charge on any atom is -0.495 e. The van der Waals surface area contributed by atoms with Crippen LogP contribution in [-0.4, -0.2) is 50.7 Å². The predicted molar refractivity (Wildman–Crippen MR) is 132 cm³/mol. The highest BCUT2D eigenvalue weighted by Crippen LogP contribution is 2.35. The molecule has 0 atom stereocenters. The van der Waals surface area contributed by atoms with Gasteiger partial charge in [0.2, 0.25) is 0 Å². The number of nitrogens with zero attached hydrogens (tertiary/aromatic N) is 2. The van der Waals surface area contributed by atoms with Crippen LogP contribution < -0.4 is 14.4 Å². The van der Waals surface area contributed by atoms with E-state index in [1.807, 2.05) is 29.2 Å². The van der Waals surface area contributed by atoms with Crippen LogP contribution in [0.25, 0.3) is 0 Å². The Labute approximate surface area is 201 Å². The van der Waals surface area contributed by atoms with Crippen LogP contribution in [0.15, 0.2) is 36.4 Å². The van der Waals surface area contributed by atoms with Gasteiger partial charge in [0.1, 0.15) is 5.75 Å². The molecule has 2 aromatic rings. The first-order valence-electron chi connectivity index (χ1n) is 11.3. The highest BCUT2D eigenvalue weighted by atomic mass is 35.5. The third-order valence-electron chi connectivity index (χ3n) is 5.73. The fourth-order valence-electron chi connectivity index (χ4n) is 3.93. The summed E-state index contributed by atoms with van der Waals surface area (Å²) in [6.45, 7) is 5.45. The van der Waals surface area contributed by atoms with E-state index >= 15 is 0 Å². The van der Waals surface area contributed by atoms with Gasteiger partial charge in [-0.25, -0.2) is 0 Å². The third-order valence-corrected chi connectivity index (χ3v) is 6.29. The van der Waals surface area contributed by atoms with E-state index in [0.717, 1.165) is 37.4 Å². The molecule has 2 aromatic carbocycles. The van der Waals surface area contributed by atoms with E-state index in [9.17, 15) is 4.79 Å². The molecule has 1 fully saturated rings. The number of methoxy groups -OCH3 is 1. The zero-order valence-corrected chi connectivity index (χ0v) is 20.4. The topological polar surface area (TPSA) is 42.0 Å². The molecule has 0 unspecified atom stereocenters. The lowest BCUT2D eigenvalue weighted by Gasteiger charge is -2.36. The first-order chi connectivity index (χ1) is 15.5. The van der Waals surface area contributed by atoms with Crippen LogP contribution in [-0.2, 0) is 0 Å². The molecule has 7 heteroatoms. The zero-order chi connectivity index (χ0) is 22.9. The minimum absolute atomic E-state index is 0.0698. The molecule has 32 heavy (non-hydrogen) atoms. The lowest BCUT2D eigenvalue weighted by atomic mass is 10.1. The van der Waals surface area contributed by atoms with Gasteiger partial charge < -0.3 is 19.3 Å². The second-order valence-electron chi connectivity index (χ2n) is 7.98. The third kappa shape index (κ3) is 6.23. The smallest absolute Gasteiger partial charge is 0.254 e. The zero-order valence-electron chi connectivity index (χ0n) is 18.9. The Hall–Kier alpha value is -2.11. The molecule has 1 heterocycles. The summed E-state index contributed by atoms with van der Waals surface area (Å²) in [6, 6.07) is 11.3. The van der Waals surface area contributed by atoms with Gasteiger partial charge >= 0.3 is 0 Å². The largest absolute Gasteiger partial charge is 0.495 e. The Bertz CT molecular complexity index is 876. The Morgan fingerprint density at radius 1 is 0.969 bits per heavy atom. The maximum absolute atomic E-state index is 13.1. The molecule has 0 N–H and O–H groups in total. The molecule has 174 valence electrons. The van der Waals surface area contributed by atoms with Crippen molar-refractivity contribution >= 4 is 34.8 Å². The van der Waals surface area contributed by atoms with Crippen molar-refractivity contribution in [1.29, 1.82) is 0 Å². The lowest BCUT2D eigenvalue weighted by Crippen LogP contribution is -2.48. The van der Waals surface area contributed by atoms with Gasteiger partial charge in [-0.05, 0) is 30.7 Å². The summed E-state index contributed by atoms with van der Waals surface area (Å²) in [5, 5.41) is 0.754. The van der Waals surface area contributed by atoms with Crippen LogP contribution in [0.2, 0.25) is 10.0 Å². The van der Waals surface area contributed by atoms with Crippen molar-refractivity contribution in [3.8, 4) is 11.5 Å². The second kappa shape index (κ2) is 12.2. The maximum atomic E-state index is 13.1. The van der Waals surface area contributed by atoms with Crippen molar-refractivity contribution in [3.63, 3.8) is 0 Å². The summed E-state index contributed by atoms with van der Waals surface area (Å²) < 4.78 is 11.3. The number of hydrogen-bond acceptors (Lipinski definition) is 4. The van der Waals surface area contributed by atoms with E-state index in [2.05, 4.69) is 11.8 Å². The van der Waals surface area contributed by atoms with Crippen LogP contribution in [0.1, 0.15) is 49.4 Å². The summed E-state index contributed by atoms with van der Waals surface area (Å²) >= 11 is 12.8. The molecule has 1 amide bonds. The van der Waals surface area contributed by atoms with E-state index in [0.29, 0.717) is 41.1 Å². The number of carbonyl (C=O) groups is 1. The van der Waals surface area contributed by atoms with E-state index in [1.54, 1.807) is 19.2 Å². The van der Waals surface area contributed by atoms with E-state index in [1.165, 1.54) is 19.3 Å². The molecule has 0 aromatic heterocycles. The van der Waals surface area contributed by atoms with Crippen molar-refractivity contribution in [3.05, 3.63) is 52.0 Å². The van der Waals surface area contributed by atoms with Crippen LogP contribution in [0.4, 0.5) is 5.69 Å². The number of halogens is 2. The summed E-state index contributed by atoms with van der Waals surface area (Å²) in [7, 11) is 1.67. The lowest BCUT2D eigenvalue weighted by molar-refractivity contribution is 0.0746. The van der Waals surface area contributed by atoms with Crippen LogP contribution in [0, 0.1) is 0 Å². The Balaban J connectivity index is 1.57. The first kappa shape index (κ1) is 24.5. The second-order valence-corrected chi connectivity index (χ2v) is 8.80. The van der Waals surface area contributed by atoms with Crippen LogP contribution >= 0.6 is 23.2 Å². The Kier molecular flexibility index (Phi) is 9.36. The molecule has 0 spiro atoms. The SMILES string of the molecule is CCCCCCCOc1c(Cl)cc(C(=O)N2CCN(c3ccccc3OC)CC2)cc1Cl. The summed E-state index contributed by atoms with van der Waals surface area (Å²) in [4.78, 5) is 17.1. The number of ether oxygens (including phenoxy) is 2. The van der Waals surface area contributed by atoms with Crippen molar-refractivity contribution in [1.82, 2.24) is 4.90 Å². The number of hydrogen-bond donors (Lipinski definition) is 0. The molecule has 3 rings (SSSR count). The van der Waals surface area contributed by atoms with Gasteiger partial charge in [0.25, 0.3) is 5.91 Å². The average molecular weight is 479 g/mol. The van der Waals surface area contributed by atoms with Crippen LogP contribution in [0.3, 0.4) is 0 Å². The van der Waals surface area contributed by atoms with Crippen molar-refractivity contribution in [2.75, 3.05) is 44.8 Å². The maximum Gasteiger partial charge on any atom is 0.254 e. The normalized spacial score (nSPS) is 13.9. The Morgan fingerprint density at radius 2 is 1.62 bits per heavy atom. The molecule has 1 aliphatic rings. The predicted octanol–water partition coefficient (Wildman–Crippen LogP) is 6.31.